The van der Waals surface area contributed by atoms with Crippen molar-refractivity contribution >= 4 is 29.1 Å². The van der Waals surface area contributed by atoms with Crippen molar-refractivity contribution in [2.45, 2.75) is 44.6 Å². The lowest BCUT2D eigenvalue weighted by Gasteiger charge is -2.20. The molecule has 0 bridgehead atoms. The summed E-state index contributed by atoms with van der Waals surface area (Å²) in [6.45, 7) is 5.04. The van der Waals surface area contributed by atoms with Gasteiger partial charge < -0.3 is 4.74 Å². The Labute approximate surface area is 165 Å². The fraction of sp³-hybridized carbons (Fsp3) is 0.333. The van der Waals surface area contributed by atoms with Crippen molar-refractivity contribution in [2.75, 3.05) is 10.2 Å². The van der Waals surface area contributed by atoms with Crippen molar-refractivity contribution < 1.29 is 27.5 Å². The standard InChI is InChI=1S/C21H19F3N2O3/c1-20(2,3)29-19(28)25-16-9-14-17(10-15(16)24)26(18(27)21(14)4-5-21)13-7-11(22)6-12(23)8-13/h6-10H,4-5H2,1-3H3,(H,25,28). The number of hydrogen-bond donors (Lipinski definition) is 1. The Balaban J connectivity index is 1.75. The van der Waals surface area contributed by atoms with Gasteiger partial charge >= 0.3 is 6.09 Å². The van der Waals surface area contributed by atoms with Gasteiger partial charge in [0.25, 0.3) is 0 Å². The highest BCUT2D eigenvalue weighted by molar-refractivity contribution is 6.15. The van der Waals surface area contributed by atoms with E-state index in [0.717, 1.165) is 23.1 Å². The van der Waals surface area contributed by atoms with Crippen LogP contribution in [-0.2, 0) is 14.9 Å². The maximum atomic E-state index is 14.7. The van der Waals surface area contributed by atoms with Gasteiger partial charge in [0.15, 0.2) is 0 Å². The lowest BCUT2D eigenvalue weighted by molar-refractivity contribution is -0.119. The van der Waals surface area contributed by atoms with Gasteiger partial charge in [-0.2, -0.15) is 0 Å². The molecule has 1 heterocycles. The van der Waals surface area contributed by atoms with Gasteiger partial charge in [0.1, 0.15) is 23.1 Å². The van der Waals surface area contributed by atoms with E-state index in [9.17, 15) is 22.8 Å². The third-order valence-corrected chi connectivity index (χ3v) is 4.95. The third kappa shape index (κ3) is 3.32. The van der Waals surface area contributed by atoms with E-state index in [2.05, 4.69) is 5.32 Å². The van der Waals surface area contributed by atoms with Crippen LogP contribution >= 0.6 is 0 Å². The minimum absolute atomic E-state index is 0.00947. The number of ether oxygens (including phenoxy) is 1. The number of nitrogens with one attached hydrogen (secondary N) is 1. The first-order chi connectivity index (χ1) is 13.5. The van der Waals surface area contributed by atoms with E-state index in [1.54, 1.807) is 20.8 Å². The summed E-state index contributed by atoms with van der Waals surface area (Å²) in [5, 5.41) is 2.36. The van der Waals surface area contributed by atoms with E-state index in [4.69, 9.17) is 4.74 Å². The zero-order valence-corrected chi connectivity index (χ0v) is 16.1. The average Bonchev–Trinajstić information content (AvgIpc) is 3.32. The molecule has 0 unspecified atom stereocenters. The number of carbonyl (C=O) groups excluding carboxylic acids is 2. The fourth-order valence-corrected chi connectivity index (χ4v) is 3.61. The fourth-order valence-electron chi connectivity index (χ4n) is 3.61. The summed E-state index contributed by atoms with van der Waals surface area (Å²) >= 11 is 0. The molecular weight excluding hydrogens is 385 g/mol. The highest BCUT2D eigenvalue weighted by atomic mass is 19.1. The zero-order chi connectivity index (χ0) is 21.1. The van der Waals surface area contributed by atoms with Crippen molar-refractivity contribution in [3.63, 3.8) is 0 Å². The molecule has 0 saturated heterocycles. The van der Waals surface area contributed by atoms with Crippen LogP contribution in [0.3, 0.4) is 0 Å². The SMILES string of the molecule is CC(C)(C)OC(=O)Nc1cc2c(cc1F)N(c1cc(F)cc(F)c1)C(=O)C21CC1. The second-order valence-corrected chi connectivity index (χ2v) is 8.33. The summed E-state index contributed by atoms with van der Waals surface area (Å²) < 4.78 is 47.3. The quantitative estimate of drug-likeness (QED) is 0.752. The highest BCUT2D eigenvalue weighted by Gasteiger charge is 2.60. The van der Waals surface area contributed by atoms with E-state index in [1.165, 1.54) is 6.07 Å². The number of carbonyl (C=O) groups is 2. The van der Waals surface area contributed by atoms with Gasteiger partial charge in [-0.1, -0.05) is 0 Å². The molecule has 1 N–H and O–H groups in total. The number of amides is 2. The monoisotopic (exact) mass is 404 g/mol. The Morgan fingerprint density at radius 3 is 2.24 bits per heavy atom. The first kappa shape index (κ1) is 19.3. The molecule has 2 aromatic rings. The number of nitrogens with zero attached hydrogens (tertiary/aromatic N) is 1. The maximum absolute atomic E-state index is 14.7. The summed E-state index contributed by atoms with van der Waals surface area (Å²) in [6.07, 6.45) is 0.240. The topological polar surface area (TPSA) is 58.6 Å². The van der Waals surface area contributed by atoms with Crippen LogP contribution in [0, 0.1) is 17.5 Å². The minimum atomic E-state index is -0.865. The van der Waals surface area contributed by atoms with Gasteiger partial charge in [0.2, 0.25) is 5.91 Å². The Hall–Kier alpha value is -3.03. The van der Waals surface area contributed by atoms with E-state index in [-0.39, 0.29) is 23.0 Å². The molecule has 1 aliphatic heterocycles. The molecule has 1 spiro atoms. The number of rotatable bonds is 2. The molecule has 2 aromatic carbocycles. The number of hydrogen-bond acceptors (Lipinski definition) is 3. The molecule has 1 aliphatic carbocycles. The predicted molar refractivity (Wildman–Crippen MR) is 101 cm³/mol. The molecule has 5 nitrogen and oxygen atoms in total. The molecule has 2 aliphatic rings. The Kier molecular flexibility index (Phi) is 4.15. The molecule has 0 atom stereocenters. The summed E-state index contributed by atoms with van der Waals surface area (Å²) in [7, 11) is 0. The predicted octanol–water partition coefficient (Wildman–Crippen LogP) is 5.16. The number of fused-ring (bicyclic) bond motifs is 2. The molecular formula is C21H19F3N2O3. The first-order valence-electron chi connectivity index (χ1n) is 9.15. The number of anilines is 3. The molecule has 1 fully saturated rings. The van der Waals surface area contributed by atoms with Crippen LogP contribution in [0.1, 0.15) is 39.2 Å². The van der Waals surface area contributed by atoms with Crippen LogP contribution in [0.25, 0.3) is 0 Å². The van der Waals surface area contributed by atoms with Gasteiger partial charge in [0, 0.05) is 12.1 Å². The van der Waals surface area contributed by atoms with E-state index in [1.807, 2.05) is 0 Å². The summed E-state index contributed by atoms with van der Waals surface area (Å²) in [4.78, 5) is 26.2. The Morgan fingerprint density at radius 2 is 1.69 bits per heavy atom. The molecule has 8 heteroatoms. The number of halogens is 3. The van der Waals surface area contributed by atoms with Crippen LogP contribution in [0.5, 0.6) is 0 Å². The second kappa shape index (κ2) is 6.23. The zero-order valence-electron chi connectivity index (χ0n) is 16.1. The van der Waals surface area contributed by atoms with Crippen molar-refractivity contribution in [1.29, 1.82) is 0 Å². The third-order valence-electron chi connectivity index (χ3n) is 4.95. The molecule has 4 rings (SSSR count). The van der Waals surface area contributed by atoms with Crippen LogP contribution in [-0.4, -0.2) is 17.6 Å². The molecule has 0 aromatic heterocycles. The minimum Gasteiger partial charge on any atom is -0.444 e. The maximum Gasteiger partial charge on any atom is 0.412 e. The highest BCUT2D eigenvalue weighted by Crippen LogP contribution is 2.59. The molecule has 0 radical (unpaired) electrons. The Bertz CT molecular complexity index is 1020. The summed E-state index contributed by atoms with van der Waals surface area (Å²) in [6, 6.07) is 5.24. The van der Waals surface area contributed by atoms with Crippen molar-refractivity contribution in [3.05, 3.63) is 53.3 Å². The Morgan fingerprint density at radius 1 is 1.07 bits per heavy atom. The van der Waals surface area contributed by atoms with Crippen molar-refractivity contribution in [1.82, 2.24) is 0 Å². The summed E-state index contributed by atoms with van der Waals surface area (Å²) in [5.41, 5.74) is -1.03. The van der Waals surface area contributed by atoms with E-state index in [0.29, 0.717) is 24.5 Å². The largest absolute Gasteiger partial charge is 0.444 e. The van der Waals surface area contributed by atoms with Gasteiger partial charge in [-0.15, -0.1) is 0 Å². The van der Waals surface area contributed by atoms with Crippen LogP contribution < -0.4 is 10.2 Å². The second-order valence-electron chi connectivity index (χ2n) is 8.33. The number of benzene rings is 2. The molecule has 1 saturated carbocycles. The van der Waals surface area contributed by atoms with Crippen LogP contribution in [0.4, 0.5) is 35.0 Å². The average molecular weight is 404 g/mol. The molecule has 29 heavy (non-hydrogen) atoms. The van der Waals surface area contributed by atoms with Crippen LogP contribution in [0.2, 0.25) is 0 Å². The normalized spacial score (nSPS) is 16.8. The van der Waals surface area contributed by atoms with Crippen molar-refractivity contribution in [3.8, 4) is 0 Å². The van der Waals surface area contributed by atoms with Gasteiger partial charge in [-0.3, -0.25) is 15.0 Å². The van der Waals surface area contributed by atoms with Crippen molar-refractivity contribution in [2.24, 2.45) is 0 Å². The lowest BCUT2D eigenvalue weighted by Crippen LogP contribution is -2.28. The van der Waals surface area contributed by atoms with Gasteiger partial charge in [0.05, 0.1) is 22.5 Å². The van der Waals surface area contributed by atoms with E-state index < -0.39 is 34.6 Å². The molecule has 2 amide bonds. The first-order valence-corrected chi connectivity index (χ1v) is 9.15. The van der Waals surface area contributed by atoms with Gasteiger partial charge in [-0.05, 0) is 57.4 Å². The summed E-state index contributed by atoms with van der Waals surface area (Å²) in [5.74, 6) is -2.84. The van der Waals surface area contributed by atoms with Crippen LogP contribution in [0.15, 0.2) is 30.3 Å². The lowest BCUT2D eigenvalue weighted by atomic mass is 9.97. The smallest absolute Gasteiger partial charge is 0.412 e. The molecule has 152 valence electrons. The van der Waals surface area contributed by atoms with Gasteiger partial charge in [-0.25, -0.2) is 18.0 Å². The van der Waals surface area contributed by atoms with E-state index >= 15 is 0 Å².